The van der Waals surface area contributed by atoms with Crippen molar-refractivity contribution in [2.75, 3.05) is 0 Å². The van der Waals surface area contributed by atoms with Crippen LogP contribution in [0.1, 0.15) is 64.8 Å². The number of halogens is 1. The number of hydrogen-bond acceptors (Lipinski definition) is 7. The molecule has 3 N–H and O–H groups in total. The van der Waals surface area contributed by atoms with Gasteiger partial charge >= 0.3 is 5.97 Å². The van der Waals surface area contributed by atoms with Gasteiger partial charge in [-0.1, -0.05) is 19.1 Å². The highest BCUT2D eigenvalue weighted by molar-refractivity contribution is 5.94. The van der Waals surface area contributed by atoms with Crippen molar-refractivity contribution in [2.45, 2.75) is 64.3 Å². The number of phenolic OH excluding ortho intramolecular Hbond substituents is 1. The molecule has 42 heavy (non-hydrogen) atoms. The number of phenols is 1. The van der Waals surface area contributed by atoms with E-state index >= 15 is 4.39 Å². The monoisotopic (exact) mass is 569 g/mol. The lowest BCUT2D eigenvalue weighted by Gasteiger charge is -2.31. The number of fused-ring (bicyclic) bond motifs is 5. The number of amides is 1. The molecule has 0 radical (unpaired) electrons. The van der Waals surface area contributed by atoms with Crippen LogP contribution < -0.4 is 10.9 Å². The van der Waals surface area contributed by atoms with E-state index in [9.17, 15) is 24.6 Å². The van der Waals surface area contributed by atoms with Gasteiger partial charge in [-0.2, -0.15) is 0 Å². The first-order valence-corrected chi connectivity index (χ1v) is 14.0. The lowest BCUT2D eigenvalue weighted by Crippen LogP contribution is -2.44. The summed E-state index contributed by atoms with van der Waals surface area (Å²) in [7, 11) is 0. The molecule has 1 aliphatic carbocycles. The molecule has 9 nitrogen and oxygen atoms in total. The van der Waals surface area contributed by atoms with Crippen LogP contribution in [0.3, 0.4) is 0 Å². The summed E-state index contributed by atoms with van der Waals surface area (Å²) in [6, 6.07) is 9.11. The van der Waals surface area contributed by atoms with Gasteiger partial charge in [-0.25, -0.2) is 14.2 Å². The lowest BCUT2D eigenvalue weighted by molar-refractivity contribution is -0.172. The number of carbonyl (C=O) groups excluding carboxylic acids is 2. The summed E-state index contributed by atoms with van der Waals surface area (Å²) < 4.78 is 21.8. The van der Waals surface area contributed by atoms with Gasteiger partial charge < -0.3 is 24.8 Å². The molecule has 10 heteroatoms. The highest BCUT2D eigenvalue weighted by Crippen LogP contribution is 2.46. The van der Waals surface area contributed by atoms with Gasteiger partial charge in [-0.3, -0.25) is 9.59 Å². The molecule has 1 amide bonds. The number of hydrogen-bond donors (Lipinski definition) is 3. The van der Waals surface area contributed by atoms with Gasteiger partial charge in [0.25, 0.3) is 5.56 Å². The number of rotatable bonds is 4. The molecule has 7 rings (SSSR count). The Morgan fingerprint density at radius 2 is 2.02 bits per heavy atom. The first-order valence-electron chi connectivity index (χ1n) is 14.0. The standard InChI is InChI=1S/C32H28FN3O6/c1-3-32(41)21-11-25-29-19(13-36(25)30(39)20(21)14-42-31(32)40)28-23(34-26(38)10-16-5-4-6-17(37)9-16)8-7-18-15(2)22(33)12-24(35-29)27(18)28/h4-6,9,11-12,23,37,41H,3,7-8,10,13-14H2,1-2H3,(H,34,38)/t23-,32-/m0/s1. The molecule has 2 atom stereocenters. The number of carbonyl (C=O) groups is 2. The summed E-state index contributed by atoms with van der Waals surface area (Å²) >= 11 is 0. The van der Waals surface area contributed by atoms with E-state index in [2.05, 4.69) is 5.32 Å². The predicted molar refractivity (Wildman–Crippen MR) is 150 cm³/mol. The Hall–Kier alpha value is -4.57. The second-order valence-corrected chi connectivity index (χ2v) is 11.3. The zero-order valence-electron chi connectivity index (χ0n) is 23.1. The molecule has 0 fully saturated rings. The van der Waals surface area contributed by atoms with E-state index in [1.807, 2.05) is 0 Å². The molecular weight excluding hydrogens is 541 g/mol. The Balaban J connectivity index is 1.40. The van der Waals surface area contributed by atoms with Gasteiger partial charge in [-0.15, -0.1) is 0 Å². The molecule has 2 aromatic heterocycles. The van der Waals surface area contributed by atoms with Crippen LogP contribution in [0.25, 0.3) is 22.3 Å². The second kappa shape index (κ2) is 9.22. The highest BCUT2D eigenvalue weighted by Gasteiger charge is 2.46. The molecule has 0 saturated carbocycles. The topological polar surface area (TPSA) is 131 Å². The zero-order chi connectivity index (χ0) is 29.5. The van der Waals surface area contributed by atoms with Crippen molar-refractivity contribution in [3.05, 3.63) is 91.5 Å². The molecule has 4 heterocycles. The number of aliphatic hydroxyl groups is 1. The smallest absolute Gasteiger partial charge is 0.343 e. The van der Waals surface area contributed by atoms with Crippen molar-refractivity contribution < 1.29 is 28.9 Å². The van der Waals surface area contributed by atoms with Crippen LogP contribution in [-0.4, -0.2) is 31.6 Å². The number of esters is 1. The fraction of sp³-hybridized carbons (Fsp3) is 0.312. The minimum Gasteiger partial charge on any atom is -0.508 e. The number of ether oxygens (including phenoxy) is 1. The summed E-state index contributed by atoms with van der Waals surface area (Å²) in [6.07, 6.45) is 1.14. The fourth-order valence-electron chi connectivity index (χ4n) is 6.80. The molecule has 0 unspecified atom stereocenters. The Morgan fingerprint density at radius 3 is 2.79 bits per heavy atom. The number of aromatic nitrogens is 2. The minimum absolute atomic E-state index is 0.0200. The van der Waals surface area contributed by atoms with Gasteiger partial charge in [-0.05, 0) is 66.6 Å². The number of nitrogens with zero attached hydrogens (tertiary/aromatic N) is 2. The average Bonchev–Trinajstić information content (AvgIpc) is 3.33. The summed E-state index contributed by atoms with van der Waals surface area (Å²) in [6.45, 7) is 3.30. The third-order valence-electron chi connectivity index (χ3n) is 8.99. The molecule has 0 bridgehead atoms. The number of aryl methyl sites for hydroxylation is 1. The Labute approximate surface area is 239 Å². The normalized spacial score (nSPS) is 20.1. The number of cyclic esters (lactones) is 1. The molecule has 0 spiro atoms. The number of benzene rings is 2. The summed E-state index contributed by atoms with van der Waals surface area (Å²) in [5.41, 5.74) is 2.91. The van der Waals surface area contributed by atoms with E-state index in [0.29, 0.717) is 40.9 Å². The highest BCUT2D eigenvalue weighted by atomic mass is 19.1. The summed E-state index contributed by atoms with van der Waals surface area (Å²) in [5.74, 6) is -1.35. The van der Waals surface area contributed by atoms with Crippen LogP contribution >= 0.6 is 0 Å². The zero-order valence-corrected chi connectivity index (χ0v) is 23.1. The molecular formula is C32H28FN3O6. The van der Waals surface area contributed by atoms with Crippen LogP contribution in [0, 0.1) is 12.7 Å². The van der Waals surface area contributed by atoms with Crippen LogP contribution in [0.4, 0.5) is 4.39 Å². The van der Waals surface area contributed by atoms with Crippen LogP contribution in [-0.2, 0) is 45.9 Å². The average molecular weight is 570 g/mol. The maximum Gasteiger partial charge on any atom is 0.343 e. The number of nitrogens with one attached hydrogen (secondary N) is 1. The number of aromatic hydroxyl groups is 1. The largest absolute Gasteiger partial charge is 0.508 e. The second-order valence-electron chi connectivity index (χ2n) is 11.3. The first-order chi connectivity index (χ1) is 20.1. The van der Waals surface area contributed by atoms with Crippen molar-refractivity contribution >= 4 is 22.8 Å². The van der Waals surface area contributed by atoms with E-state index in [4.69, 9.17) is 9.72 Å². The molecule has 214 valence electrons. The van der Waals surface area contributed by atoms with Crippen molar-refractivity contribution in [1.29, 1.82) is 0 Å². The predicted octanol–water partition coefficient (Wildman–Crippen LogP) is 3.58. The van der Waals surface area contributed by atoms with Crippen molar-refractivity contribution in [2.24, 2.45) is 0 Å². The maximum atomic E-state index is 15.1. The Bertz CT molecular complexity index is 1930. The third-order valence-corrected chi connectivity index (χ3v) is 8.99. The molecule has 4 aromatic rings. The van der Waals surface area contributed by atoms with E-state index in [-0.39, 0.29) is 60.2 Å². The fourth-order valence-corrected chi connectivity index (χ4v) is 6.80. The quantitative estimate of drug-likeness (QED) is 0.282. The lowest BCUT2D eigenvalue weighted by atomic mass is 9.81. The van der Waals surface area contributed by atoms with E-state index < -0.39 is 17.6 Å². The van der Waals surface area contributed by atoms with Gasteiger partial charge in [0.15, 0.2) is 5.60 Å². The van der Waals surface area contributed by atoms with Crippen molar-refractivity contribution in [3.63, 3.8) is 0 Å². The molecule has 0 saturated heterocycles. The molecule has 3 aliphatic rings. The first kappa shape index (κ1) is 26.3. The third kappa shape index (κ3) is 3.71. The van der Waals surface area contributed by atoms with E-state index in [1.165, 1.54) is 6.07 Å². The van der Waals surface area contributed by atoms with Gasteiger partial charge in [0.1, 0.15) is 18.2 Å². The van der Waals surface area contributed by atoms with Crippen LogP contribution in [0.5, 0.6) is 5.75 Å². The van der Waals surface area contributed by atoms with Crippen molar-refractivity contribution in [1.82, 2.24) is 14.9 Å². The SMILES string of the molecule is CC[C@@]1(O)C(=O)OCc2c1cc1n(c2=O)Cc2c-1nc1cc(F)c(C)c3c1c2[C@@H](NC(=O)Cc1cccc(O)c1)CC3. The van der Waals surface area contributed by atoms with Crippen LogP contribution in [0.15, 0.2) is 41.2 Å². The minimum atomic E-state index is -1.96. The van der Waals surface area contributed by atoms with Crippen molar-refractivity contribution in [3.8, 4) is 17.1 Å². The van der Waals surface area contributed by atoms with Crippen LogP contribution in [0.2, 0.25) is 0 Å². The molecule has 2 aliphatic heterocycles. The number of pyridine rings is 2. The maximum absolute atomic E-state index is 15.1. The Kier molecular flexibility index (Phi) is 5.78. The van der Waals surface area contributed by atoms with E-state index in [0.717, 1.165) is 22.1 Å². The summed E-state index contributed by atoms with van der Waals surface area (Å²) in [5, 5.41) is 25.0. The Morgan fingerprint density at radius 1 is 1.21 bits per heavy atom. The summed E-state index contributed by atoms with van der Waals surface area (Å²) in [4.78, 5) is 44.4. The molecule has 2 aromatic carbocycles. The van der Waals surface area contributed by atoms with E-state index in [1.54, 1.807) is 48.7 Å². The van der Waals surface area contributed by atoms with Gasteiger partial charge in [0, 0.05) is 22.6 Å². The van der Waals surface area contributed by atoms with Gasteiger partial charge in [0.05, 0.1) is 41.5 Å². The van der Waals surface area contributed by atoms with Gasteiger partial charge in [0.2, 0.25) is 5.91 Å².